The van der Waals surface area contributed by atoms with Gasteiger partial charge in [0.2, 0.25) is 5.91 Å². The van der Waals surface area contributed by atoms with Gasteiger partial charge in [0.05, 0.1) is 10.0 Å². The van der Waals surface area contributed by atoms with Crippen LogP contribution in [0.5, 0.6) is 0 Å². The van der Waals surface area contributed by atoms with Crippen molar-refractivity contribution in [2.75, 3.05) is 13.1 Å². The summed E-state index contributed by atoms with van der Waals surface area (Å²) in [5.41, 5.74) is 1.11. The van der Waals surface area contributed by atoms with E-state index in [-0.39, 0.29) is 43.7 Å². The molecule has 24 heavy (non-hydrogen) atoms. The van der Waals surface area contributed by atoms with Gasteiger partial charge in [0.15, 0.2) is 0 Å². The molecule has 2 rings (SSSR count). The number of likely N-dealkylation sites (tertiary alicyclic amines) is 1. The summed E-state index contributed by atoms with van der Waals surface area (Å²) in [5, 5.41) is 14.3. The van der Waals surface area contributed by atoms with Gasteiger partial charge in [0.1, 0.15) is 0 Å². The van der Waals surface area contributed by atoms with E-state index in [4.69, 9.17) is 23.2 Å². The van der Waals surface area contributed by atoms with Crippen LogP contribution in [0.15, 0.2) is 18.2 Å². The molecule has 1 fully saturated rings. The topological polar surface area (TPSA) is 72.5 Å². The van der Waals surface area contributed by atoms with Crippen LogP contribution in [0, 0.1) is 0 Å². The summed E-state index contributed by atoms with van der Waals surface area (Å²) in [6.45, 7) is 2.53. The number of piperidine rings is 1. The van der Waals surface area contributed by atoms with Gasteiger partial charge >= 0.3 is 18.9 Å². The van der Waals surface area contributed by atoms with Gasteiger partial charge in [-0.3, -0.25) is 9.69 Å². The van der Waals surface area contributed by atoms with Crippen LogP contribution in [0.3, 0.4) is 0 Å². The van der Waals surface area contributed by atoms with Crippen molar-refractivity contribution in [3.8, 4) is 0 Å². The molecular weight excluding hydrogens is 346 g/mol. The zero-order valence-corrected chi connectivity index (χ0v) is 15.2. The number of carboxylic acid groups (broad SMARTS) is 1. The van der Waals surface area contributed by atoms with Gasteiger partial charge in [0, 0.05) is 38.1 Å². The molecule has 0 saturated carbocycles. The summed E-state index contributed by atoms with van der Waals surface area (Å²) in [6, 6.07) is 5.73. The van der Waals surface area contributed by atoms with E-state index in [9.17, 15) is 14.7 Å². The second-order valence-corrected chi connectivity index (χ2v) is 6.55. The van der Waals surface area contributed by atoms with Gasteiger partial charge in [-0.15, -0.1) is 0 Å². The second-order valence-electron chi connectivity index (χ2n) is 5.74. The molecule has 0 spiro atoms. The predicted octanol–water partition coefficient (Wildman–Crippen LogP) is -1.39. The second kappa shape index (κ2) is 10.3. The van der Waals surface area contributed by atoms with Crippen molar-refractivity contribution < 1.29 is 33.6 Å². The number of benzene rings is 1. The smallest absolute Gasteiger partial charge is 0.550 e. The Morgan fingerprint density at radius 3 is 2.42 bits per heavy atom. The molecule has 0 radical (unpaired) electrons. The van der Waals surface area contributed by atoms with Crippen molar-refractivity contribution in [1.82, 2.24) is 10.2 Å². The maximum Gasteiger partial charge on any atom is 1.00 e. The SMILES string of the molecule is O=C([O-])CCC(=O)NC1CCN(Cc2ccc(Cl)c(Cl)c2)CC1.[Li+]. The zero-order valence-electron chi connectivity index (χ0n) is 13.7. The molecule has 1 aromatic carbocycles. The Bertz CT molecular complexity index is 578. The van der Waals surface area contributed by atoms with Crippen molar-refractivity contribution in [1.29, 1.82) is 0 Å². The Balaban J connectivity index is 0.00000288. The first-order valence-corrected chi connectivity index (χ1v) is 8.35. The number of carboxylic acids is 1. The summed E-state index contributed by atoms with van der Waals surface area (Å²) in [4.78, 5) is 24.3. The summed E-state index contributed by atoms with van der Waals surface area (Å²) in [7, 11) is 0. The standard InChI is InChI=1S/C16H20Cl2N2O3.Li/c17-13-2-1-11(9-14(13)18)10-20-7-5-12(6-8-20)19-15(21)3-4-16(22)23;/h1-2,9,12H,3-8,10H2,(H,19,21)(H,22,23);/q;+1/p-1. The maximum atomic E-state index is 11.6. The van der Waals surface area contributed by atoms with Crippen molar-refractivity contribution in [3.63, 3.8) is 0 Å². The van der Waals surface area contributed by atoms with E-state index in [0.717, 1.165) is 38.0 Å². The van der Waals surface area contributed by atoms with Crippen LogP contribution in [-0.4, -0.2) is 35.9 Å². The quantitative estimate of drug-likeness (QED) is 0.630. The van der Waals surface area contributed by atoms with Crippen molar-refractivity contribution in [2.45, 2.75) is 38.3 Å². The third-order valence-electron chi connectivity index (χ3n) is 3.90. The van der Waals surface area contributed by atoms with E-state index in [2.05, 4.69) is 10.2 Å². The fraction of sp³-hybridized carbons (Fsp3) is 0.500. The van der Waals surface area contributed by atoms with E-state index < -0.39 is 5.97 Å². The monoisotopic (exact) mass is 364 g/mol. The number of amides is 1. The van der Waals surface area contributed by atoms with Crippen molar-refractivity contribution in [2.24, 2.45) is 0 Å². The van der Waals surface area contributed by atoms with Gasteiger partial charge in [-0.1, -0.05) is 29.3 Å². The number of carbonyl (C=O) groups excluding carboxylic acids is 2. The molecule has 0 unspecified atom stereocenters. The van der Waals surface area contributed by atoms with E-state index in [1.807, 2.05) is 12.1 Å². The molecule has 8 heteroatoms. The Morgan fingerprint density at radius 1 is 1.17 bits per heavy atom. The van der Waals surface area contributed by atoms with E-state index in [1.54, 1.807) is 6.07 Å². The third kappa shape index (κ3) is 7.04. The average molecular weight is 365 g/mol. The number of hydrogen-bond donors (Lipinski definition) is 1. The van der Waals surface area contributed by atoms with Crippen LogP contribution in [-0.2, 0) is 16.1 Å². The number of carbonyl (C=O) groups is 2. The molecule has 126 valence electrons. The Labute approximate surface area is 163 Å². The molecular formula is C16H19Cl2LiN2O3. The summed E-state index contributed by atoms with van der Waals surface area (Å²) in [6.07, 6.45) is 1.44. The van der Waals surface area contributed by atoms with E-state index in [1.165, 1.54) is 0 Å². The molecule has 5 nitrogen and oxygen atoms in total. The largest absolute Gasteiger partial charge is 1.00 e. The minimum atomic E-state index is -1.20. The molecule has 1 N–H and O–H groups in total. The summed E-state index contributed by atoms with van der Waals surface area (Å²) >= 11 is 11.9. The number of hydrogen-bond acceptors (Lipinski definition) is 4. The number of aliphatic carboxylic acids is 1. The first-order chi connectivity index (χ1) is 10.9. The number of halogens is 2. The minimum Gasteiger partial charge on any atom is -0.550 e. The first-order valence-electron chi connectivity index (χ1n) is 7.59. The van der Waals surface area contributed by atoms with Gasteiger partial charge in [-0.05, 0) is 37.0 Å². The number of rotatable bonds is 6. The third-order valence-corrected chi connectivity index (χ3v) is 4.64. The summed E-state index contributed by atoms with van der Waals surface area (Å²) in [5.74, 6) is -1.42. The molecule has 1 heterocycles. The van der Waals surface area contributed by atoms with Crippen molar-refractivity contribution >= 4 is 35.1 Å². The van der Waals surface area contributed by atoms with E-state index >= 15 is 0 Å². The van der Waals surface area contributed by atoms with E-state index in [0.29, 0.717) is 10.0 Å². The Morgan fingerprint density at radius 2 is 1.83 bits per heavy atom. The van der Waals surface area contributed by atoms with Gasteiger partial charge in [-0.25, -0.2) is 0 Å². The molecule has 0 bridgehead atoms. The van der Waals surface area contributed by atoms with Gasteiger partial charge < -0.3 is 15.2 Å². The van der Waals surface area contributed by atoms with Crippen LogP contribution in [0.4, 0.5) is 0 Å². The predicted molar refractivity (Wildman–Crippen MR) is 87.1 cm³/mol. The van der Waals surface area contributed by atoms with Crippen molar-refractivity contribution in [3.05, 3.63) is 33.8 Å². The fourth-order valence-corrected chi connectivity index (χ4v) is 2.97. The molecule has 1 aromatic rings. The number of nitrogens with one attached hydrogen (secondary N) is 1. The molecule has 1 saturated heterocycles. The molecule has 0 atom stereocenters. The van der Waals surface area contributed by atoms with Crippen LogP contribution in [0.2, 0.25) is 10.0 Å². The van der Waals surface area contributed by atoms with Crippen LogP contribution < -0.4 is 29.3 Å². The first kappa shape index (κ1) is 21.3. The molecule has 1 aliphatic rings. The molecule has 0 aromatic heterocycles. The maximum absolute atomic E-state index is 11.6. The Kier molecular flexibility index (Phi) is 9.18. The van der Waals surface area contributed by atoms with Crippen LogP contribution in [0.25, 0.3) is 0 Å². The molecule has 1 aliphatic heterocycles. The normalized spacial score (nSPS) is 15.6. The minimum absolute atomic E-state index is 0. The summed E-state index contributed by atoms with van der Waals surface area (Å²) < 4.78 is 0. The fourth-order valence-electron chi connectivity index (χ4n) is 2.65. The van der Waals surface area contributed by atoms with Crippen LogP contribution in [0.1, 0.15) is 31.2 Å². The molecule has 0 aliphatic carbocycles. The Hall–Kier alpha value is -0.703. The molecule has 1 amide bonds. The number of nitrogens with zero attached hydrogens (tertiary/aromatic N) is 1. The van der Waals surface area contributed by atoms with Gasteiger partial charge in [0.25, 0.3) is 0 Å². The van der Waals surface area contributed by atoms with Gasteiger partial charge in [-0.2, -0.15) is 0 Å². The van der Waals surface area contributed by atoms with Crippen LogP contribution >= 0.6 is 23.2 Å². The zero-order chi connectivity index (χ0) is 16.8. The average Bonchev–Trinajstić information content (AvgIpc) is 2.51.